The van der Waals surface area contributed by atoms with E-state index in [-0.39, 0.29) is 5.35 Å². The van der Waals surface area contributed by atoms with Crippen LogP contribution >= 0.6 is 11.6 Å². The van der Waals surface area contributed by atoms with E-state index in [1.165, 1.54) is 18.3 Å². The fourth-order valence-electron chi connectivity index (χ4n) is 2.06. The number of benzene rings is 2. The van der Waals surface area contributed by atoms with Crippen molar-refractivity contribution in [1.29, 1.82) is 0 Å². The van der Waals surface area contributed by atoms with Gasteiger partial charge in [-0.05, 0) is 34.9 Å². The van der Waals surface area contributed by atoms with Crippen LogP contribution in [0.4, 0.5) is 13.2 Å². The average Bonchev–Trinajstić information content (AvgIpc) is 2.93. The molecule has 2 aromatic carbocycles. The lowest BCUT2D eigenvalue weighted by Gasteiger charge is -2.08. The van der Waals surface area contributed by atoms with Crippen LogP contribution in [0.1, 0.15) is 5.56 Å². The van der Waals surface area contributed by atoms with E-state index in [0.29, 0.717) is 11.3 Å². The van der Waals surface area contributed by atoms with Crippen molar-refractivity contribution in [3.63, 3.8) is 0 Å². The second kappa shape index (κ2) is 5.50. The summed E-state index contributed by atoms with van der Waals surface area (Å²) in [6.07, 6.45) is -2.82. The predicted molar refractivity (Wildman–Crippen MR) is 77.4 cm³/mol. The van der Waals surface area contributed by atoms with E-state index < -0.39 is 11.7 Å². The zero-order valence-corrected chi connectivity index (χ0v) is 11.8. The van der Waals surface area contributed by atoms with E-state index >= 15 is 0 Å². The molecule has 0 spiro atoms. The van der Waals surface area contributed by atoms with Crippen molar-refractivity contribution in [3.05, 3.63) is 65.6 Å². The van der Waals surface area contributed by atoms with Crippen molar-refractivity contribution in [1.82, 2.24) is 4.98 Å². The van der Waals surface area contributed by atoms with Crippen LogP contribution < -0.4 is 0 Å². The molecule has 22 heavy (non-hydrogen) atoms. The Morgan fingerprint density at radius 1 is 0.818 bits per heavy atom. The second-order valence-electron chi connectivity index (χ2n) is 4.63. The van der Waals surface area contributed by atoms with Crippen molar-refractivity contribution in [2.45, 2.75) is 6.18 Å². The third-order valence-electron chi connectivity index (χ3n) is 3.19. The Hall–Kier alpha value is -2.27. The molecule has 0 N–H and O–H groups in total. The summed E-state index contributed by atoms with van der Waals surface area (Å²) in [7, 11) is 0. The van der Waals surface area contributed by atoms with Crippen molar-refractivity contribution in [2.24, 2.45) is 0 Å². The van der Waals surface area contributed by atoms with E-state index in [2.05, 4.69) is 4.98 Å². The van der Waals surface area contributed by atoms with Crippen molar-refractivity contribution < 1.29 is 17.6 Å². The summed E-state index contributed by atoms with van der Waals surface area (Å²) in [6, 6.07) is 12.2. The molecular formula is C16H9ClF3NO. The maximum atomic E-state index is 12.5. The molecule has 0 unspecified atom stereocenters. The molecule has 0 aliphatic carbocycles. The number of rotatable bonds is 2. The number of oxazole rings is 1. The lowest BCUT2D eigenvalue weighted by Crippen LogP contribution is -2.03. The van der Waals surface area contributed by atoms with Gasteiger partial charge in [-0.2, -0.15) is 13.2 Å². The lowest BCUT2D eigenvalue weighted by molar-refractivity contribution is -0.137. The lowest BCUT2D eigenvalue weighted by atomic mass is 10.0. The monoisotopic (exact) mass is 323 g/mol. The van der Waals surface area contributed by atoms with Gasteiger partial charge in [-0.15, -0.1) is 0 Å². The molecule has 0 fully saturated rings. The summed E-state index contributed by atoms with van der Waals surface area (Å²) >= 11 is 5.62. The molecule has 6 heteroatoms. The van der Waals surface area contributed by atoms with Crippen molar-refractivity contribution in [2.75, 3.05) is 0 Å². The third kappa shape index (κ3) is 2.99. The molecule has 0 amide bonds. The molecular weight excluding hydrogens is 315 g/mol. The minimum absolute atomic E-state index is 0.0572. The number of halogens is 4. The van der Waals surface area contributed by atoms with Gasteiger partial charge in [0.05, 0.1) is 11.8 Å². The number of alkyl halides is 3. The molecule has 0 atom stereocenters. The summed E-state index contributed by atoms with van der Waals surface area (Å²) in [5.74, 6) is 0.531. The van der Waals surface area contributed by atoms with Gasteiger partial charge in [0, 0.05) is 5.56 Å². The fraction of sp³-hybridized carbons (Fsp3) is 0.0625. The van der Waals surface area contributed by atoms with Gasteiger partial charge in [-0.25, -0.2) is 4.98 Å². The van der Waals surface area contributed by atoms with E-state index in [0.717, 1.165) is 23.3 Å². The number of aromatic nitrogens is 1. The summed E-state index contributed by atoms with van der Waals surface area (Å²) in [4.78, 5) is 3.80. The van der Waals surface area contributed by atoms with E-state index in [4.69, 9.17) is 16.0 Å². The van der Waals surface area contributed by atoms with E-state index in [1.807, 2.05) is 0 Å². The quantitative estimate of drug-likeness (QED) is 0.606. The maximum Gasteiger partial charge on any atom is 0.416 e. The zero-order valence-electron chi connectivity index (χ0n) is 11.1. The summed E-state index contributed by atoms with van der Waals surface area (Å²) < 4.78 is 42.8. The molecule has 0 bridgehead atoms. The van der Waals surface area contributed by atoms with Gasteiger partial charge >= 0.3 is 6.18 Å². The van der Waals surface area contributed by atoms with Gasteiger partial charge in [0.25, 0.3) is 5.35 Å². The molecule has 0 saturated carbocycles. The van der Waals surface area contributed by atoms with Gasteiger partial charge in [0.1, 0.15) is 0 Å². The molecule has 1 heterocycles. The highest BCUT2D eigenvalue weighted by atomic mass is 35.5. The van der Waals surface area contributed by atoms with Crippen LogP contribution in [0.15, 0.2) is 59.1 Å². The predicted octanol–water partition coefficient (Wildman–Crippen LogP) is 5.68. The normalized spacial score (nSPS) is 11.6. The number of hydrogen-bond donors (Lipinski definition) is 0. The molecule has 112 valence electrons. The smallest absolute Gasteiger partial charge is 0.416 e. The molecule has 0 saturated heterocycles. The molecule has 3 rings (SSSR count). The molecule has 2 nitrogen and oxygen atoms in total. The SMILES string of the molecule is FC(F)(F)c1ccc(-c2ccc(-c3cnc(Cl)o3)cc2)cc1. The molecule has 0 aliphatic rings. The second-order valence-corrected chi connectivity index (χ2v) is 4.95. The van der Waals surface area contributed by atoms with Gasteiger partial charge in [-0.1, -0.05) is 36.4 Å². The average molecular weight is 324 g/mol. The first-order valence-electron chi connectivity index (χ1n) is 6.33. The van der Waals surface area contributed by atoms with Crippen LogP contribution in [0, 0.1) is 0 Å². The Morgan fingerprint density at radius 3 is 1.77 bits per heavy atom. The maximum absolute atomic E-state index is 12.5. The van der Waals surface area contributed by atoms with Crippen LogP contribution in [0.5, 0.6) is 0 Å². The zero-order chi connectivity index (χ0) is 15.7. The Kier molecular flexibility index (Phi) is 3.66. The standard InChI is InChI=1S/C16H9ClF3NO/c17-15-21-9-14(22-15)12-3-1-10(2-4-12)11-5-7-13(8-6-11)16(18,19)20/h1-9H. The molecule has 0 radical (unpaired) electrons. The van der Waals surface area contributed by atoms with Crippen LogP contribution in [0.25, 0.3) is 22.5 Å². The molecule has 0 aliphatic heterocycles. The van der Waals surface area contributed by atoms with E-state index in [1.54, 1.807) is 24.3 Å². The fourth-order valence-corrected chi connectivity index (χ4v) is 2.20. The first-order valence-corrected chi connectivity index (χ1v) is 6.71. The summed E-state index contributed by atoms with van der Waals surface area (Å²) in [5, 5.41) is 0.0572. The topological polar surface area (TPSA) is 26.0 Å². The number of nitrogens with zero attached hydrogens (tertiary/aromatic N) is 1. The van der Waals surface area contributed by atoms with Crippen LogP contribution in [-0.2, 0) is 6.18 Å². The van der Waals surface area contributed by atoms with Gasteiger partial charge in [-0.3, -0.25) is 0 Å². The Labute approximate surface area is 129 Å². The van der Waals surface area contributed by atoms with Gasteiger partial charge in [0.2, 0.25) is 0 Å². The minimum Gasteiger partial charge on any atom is -0.428 e. The Balaban J connectivity index is 1.87. The largest absolute Gasteiger partial charge is 0.428 e. The van der Waals surface area contributed by atoms with Crippen molar-refractivity contribution >= 4 is 11.6 Å². The third-order valence-corrected chi connectivity index (χ3v) is 3.37. The minimum atomic E-state index is -4.33. The molecule has 1 aromatic heterocycles. The summed E-state index contributed by atoms with van der Waals surface area (Å²) in [5.41, 5.74) is 1.64. The first-order chi connectivity index (χ1) is 10.4. The van der Waals surface area contributed by atoms with Gasteiger partial charge in [0.15, 0.2) is 5.76 Å². The summed E-state index contributed by atoms with van der Waals surface area (Å²) in [6.45, 7) is 0. The highest BCUT2D eigenvalue weighted by molar-refractivity contribution is 6.27. The van der Waals surface area contributed by atoms with Crippen LogP contribution in [0.3, 0.4) is 0 Å². The van der Waals surface area contributed by atoms with Crippen LogP contribution in [-0.4, -0.2) is 4.98 Å². The number of hydrogen-bond acceptors (Lipinski definition) is 2. The first kappa shape index (κ1) is 14.7. The Morgan fingerprint density at radius 2 is 1.32 bits per heavy atom. The highest BCUT2D eigenvalue weighted by Gasteiger charge is 2.29. The van der Waals surface area contributed by atoms with E-state index in [9.17, 15) is 13.2 Å². The Bertz CT molecular complexity index is 776. The molecule has 3 aromatic rings. The van der Waals surface area contributed by atoms with Crippen LogP contribution in [0.2, 0.25) is 5.35 Å². The highest BCUT2D eigenvalue weighted by Crippen LogP contribution is 2.31. The van der Waals surface area contributed by atoms with Gasteiger partial charge < -0.3 is 4.42 Å². The van der Waals surface area contributed by atoms with Crippen molar-refractivity contribution in [3.8, 4) is 22.5 Å².